The molecule has 120 valence electrons. The molecule has 2 unspecified atom stereocenters. The first-order valence-corrected chi connectivity index (χ1v) is 9.07. The van der Waals surface area contributed by atoms with Gasteiger partial charge in [-0.15, -0.1) is 36.4 Å². The minimum absolute atomic E-state index is 0.211. The predicted molar refractivity (Wildman–Crippen MR) is 104 cm³/mol. The van der Waals surface area contributed by atoms with Crippen LogP contribution in [-0.2, 0) is 0 Å². The molecule has 0 spiro atoms. The Kier molecular flexibility index (Phi) is 6.41. The van der Waals surface area contributed by atoms with E-state index in [1.807, 2.05) is 0 Å². The summed E-state index contributed by atoms with van der Waals surface area (Å²) < 4.78 is 0. The van der Waals surface area contributed by atoms with Gasteiger partial charge in [0.25, 0.3) is 0 Å². The van der Waals surface area contributed by atoms with Crippen LogP contribution in [0, 0.1) is 13.8 Å². The van der Waals surface area contributed by atoms with Crippen LogP contribution in [0.4, 0.5) is 0 Å². The largest absolute Gasteiger partial charge is 0.113 e. The van der Waals surface area contributed by atoms with E-state index in [1.165, 1.54) is 11.1 Å². The van der Waals surface area contributed by atoms with Gasteiger partial charge in [0.1, 0.15) is 0 Å². The summed E-state index contributed by atoms with van der Waals surface area (Å²) in [6.45, 7) is 11.7. The molecule has 0 aromatic heterocycles. The smallest absolute Gasteiger partial charge is 0.0774 e. The summed E-state index contributed by atoms with van der Waals surface area (Å²) in [6, 6.07) is 12.6. The molecule has 2 aromatic carbocycles. The predicted octanol–water partition coefficient (Wildman–Crippen LogP) is 7.39. The Hall–Kier alpha value is -1.15. The third-order valence-corrected chi connectivity index (χ3v) is 5.57. The number of halogens is 2. The Labute approximate surface area is 153 Å². The highest BCUT2D eigenvalue weighted by molar-refractivity contribution is 7.99. The summed E-state index contributed by atoms with van der Waals surface area (Å²) in [5, 5.41) is -0.421. The lowest BCUT2D eigenvalue weighted by atomic mass is 10.1. The highest BCUT2D eigenvalue weighted by atomic mass is 35.5. The molecule has 23 heavy (non-hydrogen) atoms. The number of rotatable bonds is 6. The van der Waals surface area contributed by atoms with Crippen molar-refractivity contribution in [2.75, 3.05) is 0 Å². The van der Waals surface area contributed by atoms with Crippen molar-refractivity contribution in [3.05, 3.63) is 84.0 Å². The summed E-state index contributed by atoms with van der Waals surface area (Å²) in [6.07, 6.45) is 3.51. The quantitative estimate of drug-likeness (QED) is 0.381. The molecule has 0 radical (unpaired) electrons. The second-order valence-electron chi connectivity index (χ2n) is 5.46. The van der Waals surface area contributed by atoms with Crippen molar-refractivity contribution < 1.29 is 0 Å². The molecule has 0 fully saturated rings. The van der Waals surface area contributed by atoms with Gasteiger partial charge in [-0.05, 0) is 37.1 Å². The molecule has 0 saturated carbocycles. The minimum Gasteiger partial charge on any atom is -0.113 e. The van der Waals surface area contributed by atoms with Crippen LogP contribution in [0.3, 0.4) is 0 Å². The Balaban J connectivity index is 2.47. The molecule has 0 saturated heterocycles. The van der Waals surface area contributed by atoms with E-state index >= 15 is 0 Å². The van der Waals surface area contributed by atoms with Crippen LogP contribution in [0.2, 0.25) is 0 Å². The molecule has 2 aromatic rings. The maximum atomic E-state index is 6.42. The monoisotopic (exact) mass is 362 g/mol. The van der Waals surface area contributed by atoms with Crippen molar-refractivity contribution in [1.82, 2.24) is 0 Å². The van der Waals surface area contributed by atoms with Gasteiger partial charge in [0, 0.05) is 9.79 Å². The van der Waals surface area contributed by atoms with Gasteiger partial charge in [-0.2, -0.15) is 0 Å². The number of aryl methyl sites for hydroxylation is 2. The van der Waals surface area contributed by atoms with Crippen LogP contribution in [0.5, 0.6) is 0 Å². The molecule has 0 aliphatic rings. The maximum Gasteiger partial charge on any atom is 0.0774 e. The standard InChI is InChI=1S/C20H20Cl2S/c1-5-17(21)15-11-13(3)7-9-19(15)23-20-10-8-14(4)12-16(20)18(22)6-2/h5-12,17-18H,1-2H2,3-4H3. The lowest BCUT2D eigenvalue weighted by Gasteiger charge is -2.16. The molecule has 0 bridgehead atoms. The highest BCUT2D eigenvalue weighted by Gasteiger charge is 2.15. The fourth-order valence-electron chi connectivity index (χ4n) is 2.33. The Morgan fingerprint density at radius 1 is 0.826 bits per heavy atom. The first kappa shape index (κ1) is 18.2. The second kappa shape index (κ2) is 8.10. The van der Waals surface area contributed by atoms with Gasteiger partial charge >= 0.3 is 0 Å². The minimum atomic E-state index is -0.211. The number of hydrogen-bond acceptors (Lipinski definition) is 1. The molecular weight excluding hydrogens is 343 g/mol. The number of benzene rings is 2. The number of hydrogen-bond donors (Lipinski definition) is 0. The van der Waals surface area contributed by atoms with Gasteiger partial charge in [0.05, 0.1) is 10.8 Å². The van der Waals surface area contributed by atoms with Gasteiger partial charge in [-0.3, -0.25) is 0 Å². The Morgan fingerprint density at radius 2 is 1.22 bits per heavy atom. The van der Waals surface area contributed by atoms with Crippen molar-refractivity contribution in [2.24, 2.45) is 0 Å². The Bertz CT molecular complexity index is 660. The number of alkyl halides is 2. The van der Waals surface area contributed by atoms with Crippen LogP contribution >= 0.6 is 35.0 Å². The summed E-state index contributed by atoms with van der Waals surface area (Å²) in [5.41, 5.74) is 4.51. The molecule has 3 heteroatoms. The fourth-order valence-corrected chi connectivity index (χ4v) is 3.93. The first-order chi connectivity index (χ1) is 11.0. The van der Waals surface area contributed by atoms with Crippen LogP contribution in [-0.4, -0.2) is 0 Å². The van der Waals surface area contributed by atoms with Gasteiger partial charge < -0.3 is 0 Å². The van der Waals surface area contributed by atoms with E-state index in [1.54, 1.807) is 23.9 Å². The highest BCUT2D eigenvalue weighted by Crippen LogP contribution is 2.40. The second-order valence-corrected chi connectivity index (χ2v) is 7.48. The Morgan fingerprint density at radius 3 is 1.57 bits per heavy atom. The van der Waals surface area contributed by atoms with E-state index in [-0.39, 0.29) is 10.8 Å². The molecule has 0 aliphatic heterocycles. The zero-order valence-electron chi connectivity index (χ0n) is 13.4. The molecular formula is C20H20Cl2S. The van der Waals surface area contributed by atoms with Crippen LogP contribution in [0.15, 0.2) is 71.5 Å². The lowest BCUT2D eigenvalue weighted by Crippen LogP contribution is -1.94. The van der Waals surface area contributed by atoms with Crippen molar-refractivity contribution in [3.63, 3.8) is 0 Å². The van der Waals surface area contributed by atoms with Gasteiger partial charge in [0.2, 0.25) is 0 Å². The van der Waals surface area contributed by atoms with E-state index < -0.39 is 0 Å². The van der Waals surface area contributed by atoms with Crippen LogP contribution in [0.1, 0.15) is 33.0 Å². The normalized spacial score (nSPS) is 13.4. The zero-order chi connectivity index (χ0) is 17.0. The average Bonchev–Trinajstić information content (AvgIpc) is 2.56. The molecule has 0 nitrogen and oxygen atoms in total. The van der Waals surface area contributed by atoms with Gasteiger partial charge in [-0.1, -0.05) is 59.3 Å². The van der Waals surface area contributed by atoms with Gasteiger partial charge in [-0.25, -0.2) is 0 Å². The average molecular weight is 363 g/mol. The van der Waals surface area contributed by atoms with Crippen molar-refractivity contribution in [1.29, 1.82) is 0 Å². The van der Waals surface area contributed by atoms with E-state index in [2.05, 4.69) is 63.4 Å². The third-order valence-electron chi connectivity index (χ3n) is 3.56. The fraction of sp³-hybridized carbons (Fsp3) is 0.200. The van der Waals surface area contributed by atoms with Crippen molar-refractivity contribution >= 4 is 35.0 Å². The van der Waals surface area contributed by atoms with Crippen LogP contribution < -0.4 is 0 Å². The molecule has 2 rings (SSSR count). The maximum absolute atomic E-state index is 6.42. The molecule has 0 amide bonds. The topological polar surface area (TPSA) is 0 Å². The molecule has 0 aliphatic carbocycles. The van der Waals surface area contributed by atoms with E-state index in [0.717, 1.165) is 20.9 Å². The van der Waals surface area contributed by atoms with Crippen molar-refractivity contribution in [2.45, 2.75) is 34.4 Å². The third kappa shape index (κ3) is 4.44. The molecule has 0 N–H and O–H groups in total. The summed E-state index contributed by atoms with van der Waals surface area (Å²) >= 11 is 14.5. The zero-order valence-corrected chi connectivity index (χ0v) is 15.7. The molecule has 2 atom stereocenters. The summed E-state index contributed by atoms with van der Waals surface area (Å²) in [5.74, 6) is 0. The van der Waals surface area contributed by atoms with E-state index in [0.29, 0.717) is 0 Å². The van der Waals surface area contributed by atoms with Crippen molar-refractivity contribution in [3.8, 4) is 0 Å². The van der Waals surface area contributed by atoms with E-state index in [9.17, 15) is 0 Å². The van der Waals surface area contributed by atoms with Crippen LogP contribution in [0.25, 0.3) is 0 Å². The van der Waals surface area contributed by atoms with Gasteiger partial charge in [0.15, 0.2) is 0 Å². The molecule has 0 heterocycles. The summed E-state index contributed by atoms with van der Waals surface area (Å²) in [7, 11) is 0. The lowest BCUT2D eigenvalue weighted by molar-refractivity contribution is 1.10. The first-order valence-electron chi connectivity index (χ1n) is 7.38. The summed E-state index contributed by atoms with van der Waals surface area (Å²) in [4.78, 5) is 2.24. The van der Waals surface area contributed by atoms with E-state index in [4.69, 9.17) is 23.2 Å². The number of allylic oxidation sites excluding steroid dienone is 2. The SMILES string of the molecule is C=CC(Cl)c1cc(C)ccc1Sc1ccc(C)cc1C(Cl)C=C.